The predicted molar refractivity (Wildman–Crippen MR) is 92.9 cm³/mol. The molecular formula is C14H25Cl2N3OS. The summed E-state index contributed by atoms with van der Waals surface area (Å²) in [4.78, 5) is 20.1. The molecule has 2 heterocycles. The van der Waals surface area contributed by atoms with E-state index in [0.29, 0.717) is 12.5 Å². The molecule has 1 amide bonds. The number of halogens is 2. The number of carbonyl (C=O) groups is 1. The second kappa shape index (κ2) is 8.93. The summed E-state index contributed by atoms with van der Waals surface area (Å²) in [7, 11) is 0. The average molecular weight is 354 g/mol. The summed E-state index contributed by atoms with van der Waals surface area (Å²) in [5.74, 6) is 0.524. The SMILES string of the molecule is Cc1nc(C2CCCN(C(=O)C(C)CN)C2)sc1C.Cl.Cl. The first kappa shape index (κ1) is 20.6. The molecule has 2 unspecified atom stereocenters. The first-order valence-electron chi connectivity index (χ1n) is 6.95. The van der Waals surface area contributed by atoms with E-state index in [4.69, 9.17) is 5.73 Å². The van der Waals surface area contributed by atoms with E-state index < -0.39 is 0 Å². The van der Waals surface area contributed by atoms with Gasteiger partial charge in [-0.05, 0) is 26.7 Å². The Balaban J connectivity index is 0.00000200. The maximum atomic E-state index is 12.2. The number of aryl methyl sites for hydroxylation is 2. The van der Waals surface area contributed by atoms with Gasteiger partial charge >= 0.3 is 0 Å². The Bertz CT molecular complexity index is 448. The summed E-state index contributed by atoms with van der Waals surface area (Å²) in [5.41, 5.74) is 6.71. The van der Waals surface area contributed by atoms with Crippen LogP contribution in [-0.2, 0) is 4.79 Å². The number of hydrogen-bond donors (Lipinski definition) is 1. The zero-order valence-electron chi connectivity index (χ0n) is 12.8. The smallest absolute Gasteiger partial charge is 0.226 e. The van der Waals surface area contributed by atoms with E-state index in [9.17, 15) is 4.79 Å². The lowest BCUT2D eigenvalue weighted by atomic mass is 9.97. The van der Waals surface area contributed by atoms with Crippen LogP contribution < -0.4 is 5.73 Å². The van der Waals surface area contributed by atoms with Crippen LogP contribution in [0.3, 0.4) is 0 Å². The van der Waals surface area contributed by atoms with Crippen LogP contribution in [0.2, 0.25) is 0 Å². The number of aromatic nitrogens is 1. The van der Waals surface area contributed by atoms with Crippen molar-refractivity contribution in [2.75, 3.05) is 19.6 Å². The van der Waals surface area contributed by atoms with Gasteiger partial charge < -0.3 is 10.6 Å². The molecule has 1 fully saturated rings. The second-order valence-electron chi connectivity index (χ2n) is 5.45. The minimum atomic E-state index is -0.0708. The minimum Gasteiger partial charge on any atom is -0.342 e. The number of rotatable bonds is 3. The number of nitrogens with two attached hydrogens (primary N) is 1. The van der Waals surface area contributed by atoms with Crippen molar-refractivity contribution in [2.24, 2.45) is 11.7 Å². The van der Waals surface area contributed by atoms with Gasteiger partial charge in [0.05, 0.1) is 10.7 Å². The summed E-state index contributed by atoms with van der Waals surface area (Å²) in [6, 6.07) is 0. The van der Waals surface area contributed by atoms with Crippen LogP contribution >= 0.6 is 36.2 Å². The van der Waals surface area contributed by atoms with Crippen molar-refractivity contribution in [3.8, 4) is 0 Å². The molecule has 21 heavy (non-hydrogen) atoms. The Morgan fingerprint density at radius 2 is 2.14 bits per heavy atom. The average Bonchev–Trinajstić information content (AvgIpc) is 2.77. The van der Waals surface area contributed by atoms with Crippen LogP contribution in [0.1, 0.15) is 41.3 Å². The maximum Gasteiger partial charge on any atom is 0.226 e. The number of thiazole rings is 1. The molecule has 0 aliphatic carbocycles. The van der Waals surface area contributed by atoms with Crippen LogP contribution in [0.5, 0.6) is 0 Å². The van der Waals surface area contributed by atoms with Gasteiger partial charge in [0.25, 0.3) is 0 Å². The van der Waals surface area contributed by atoms with Crippen molar-refractivity contribution in [3.63, 3.8) is 0 Å². The summed E-state index contributed by atoms with van der Waals surface area (Å²) in [5, 5.41) is 1.19. The van der Waals surface area contributed by atoms with Gasteiger partial charge in [-0.1, -0.05) is 6.92 Å². The van der Waals surface area contributed by atoms with Crippen molar-refractivity contribution in [3.05, 3.63) is 15.6 Å². The third-order valence-corrected chi connectivity index (χ3v) is 5.14. The van der Waals surface area contributed by atoms with Gasteiger partial charge in [0.2, 0.25) is 5.91 Å². The molecule has 1 aliphatic heterocycles. The maximum absolute atomic E-state index is 12.2. The number of nitrogens with zero attached hydrogens (tertiary/aromatic N) is 2. The molecule has 0 bridgehead atoms. The highest BCUT2D eigenvalue weighted by Gasteiger charge is 2.28. The number of carbonyl (C=O) groups excluding carboxylic acids is 1. The Hall–Kier alpha value is -0.360. The molecule has 2 rings (SSSR count). The standard InChI is InChI=1S/C14H23N3OS.2ClH/c1-9(7-15)14(18)17-6-4-5-12(8-17)13-16-10(2)11(3)19-13;;/h9,12H,4-8,15H2,1-3H3;2*1H. The van der Waals surface area contributed by atoms with Crippen molar-refractivity contribution >= 4 is 42.1 Å². The summed E-state index contributed by atoms with van der Waals surface area (Å²) in [6.07, 6.45) is 2.19. The fraction of sp³-hybridized carbons (Fsp3) is 0.714. The molecule has 0 radical (unpaired) electrons. The molecule has 1 aliphatic rings. The van der Waals surface area contributed by atoms with E-state index >= 15 is 0 Å². The highest BCUT2D eigenvalue weighted by molar-refractivity contribution is 7.11. The van der Waals surface area contributed by atoms with Gasteiger partial charge in [0, 0.05) is 36.3 Å². The molecule has 2 atom stereocenters. The summed E-state index contributed by atoms with van der Waals surface area (Å²) in [6.45, 7) is 8.16. The molecule has 1 aromatic rings. The van der Waals surface area contributed by atoms with Crippen molar-refractivity contribution < 1.29 is 4.79 Å². The Morgan fingerprint density at radius 1 is 1.48 bits per heavy atom. The Morgan fingerprint density at radius 3 is 2.67 bits per heavy atom. The lowest BCUT2D eigenvalue weighted by molar-refractivity contribution is -0.135. The molecule has 0 spiro atoms. The molecule has 4 nitrogen and oxygen atoms in total. The Kier molecular flexibility index (Phi) is 8.78. The van der Waals surface area contributed by atoms with Gasteiger partial charge in [-0.3, -0.25) is 4.79 Å². The predicted octanol–water partition coefficient (Wildman–Crippen LogP) is 2.90. The van der Waals surface area contributed by atoms with Crippen LogP contribution in [0.15, 0.2) is 0 Å². The van der Waals surface area contributed by atoms with Crippen LogP contribution in [-0.4, -0.2) is 35.4 Å². The van der Waals surface area contributed by atoms with E-state index in [1.165, 1.54) is 9.88 Å². The number of amides is 1. The summed E-state index contributed by atoms with van der Waals surface area (Å²) >= 11 is 1.78. The first-order chi connectivity index (χ1) is 9.02. The highest BCUT2D eigenvalue weighted by Crippen LogP contribution is 2.31. The van der Waals surface area contributed by atoms with Crippen molar-refractivity contribution in [1.29, 1.82) is 0 Å². The van der Waals surface area contributed by atoms with Gasteiger partial charge in [-0.25, -0.2) is 4.98 Å². The zero-order chi connectivity index (χ0) is 14.0. The molecule has 0 aromatic carbocycles. The topological polar surface area (TPSA) is 59.2 Å². The molecule has 1 saturated heterocycles. The zero-order valence-corrected chi connectivity index (χ0v) is 15.2. The summed E-state index contributed by atoms with van der Waals surface area (Å²) < 4.78 is 0. The quantitative estimate of drug-likeness (QED) is 0.908. The van der Waals surface area contributed by atoms with Crippen LogP contribution in [0, 0.1) is 19.8 Å². The molecule has 2 N–H and O–H groups in total. The normalized spacial score (nSPS) is 19.4. The van der Waals surface area contributed by atoms with E-state index in [0.717, 1.165) is 31.6 Å². The van der Waals surface area contributed by atoms with E-state index in [1.807, 2.05) is 11.8 Å². The van der Waals surface area contributed by atoms with E-state index in [-0.39, 0.29) is 36.6 Å². The lowest BCUT2D eigenvalue weighted by Crippen LogP contribution is -2.43. The molecule has 7 heteroatoms. The van der Waals surface area contributed by atoms with Crippen molar-refractivity contribution in [1.82, 2.24) is 9.88 Å². The highest BCUT2D eigenvalue weighted by atomic mass is 35.5. The van der Waals surface area contributed by atoms with Crippen LogP contribution in [0.4, 0.5) is 0 Å². The molecule has 0 saturated carbocycles. The molecule has 122 valence electrons. The monoisotopic (exact) mass is 353 g/mol. The number of hydrogen-bond acceptors (Lipinski definition) is 4. The van der Waals surface area contributed by atoms with E-state index in [2.05, 4.69) is 18.8 Å². The molecular weight excluding hydrogens is 329 g/mol. The van der Waals surface area contributed by atoms with Gasteiger partial charge in [0.15, 0.2) is 0 Å². The van der Waals surface area contributed by atoms with Crippen molar-refractivity contribution in [2.45, 2.75) is 39.5 Å². The first-order valence-corrected chi connectivity index (χ1v) is 7.77. The lowest BCUT2D eigenvalue weighted by Gasteiger charge is -2.33. The van der Waals surface area contributed by atoms with Gasteiger partial charge in [-0.15, -0.1) is 36.2 Å². The number of likely N-dealkylation sites (tertiary alicyclic amines) is 1. The van der Waals surface area contributed by atoms with E-state index in [1.54, 1.807) is 11.3 Å². The second-order valence-corrected chi connectivity index (χ2v) is 6.69. The van der Waals surface area contributed by atoms with Crippen LogP contribution in [0.25, 0.3) is 0 Å². The fourth-order valence-corrected chi connectivity index (χ4v) is 3.51. The minimum absolute atomic E-state index is 0. The van der Waals surface area contributed by atoms with Gasteiger partial charge in [0.1, 0.15) is 0 Å². The third-order valence-electron chi connectivity index (χ3n) is 3.90. The Labute approximate surface area is 143 Å². The third kappa shape index (κ3) is 4.81. The molecule has 1 aromatic heterocycles. The number of piperidine rings is 1. The fourth-order valence-electron chi connectivity index (χ4n) is 2.46. The van der Waals surface area contributed by atoms with Gasteiger partial charge in [-0.2, -0.15) is 0 Å². The largest absolute Gasteiger partial charge is 0.342 e.